The molecule has 0 aromatic carbocycles. The molecule has 3 N–H and O–H groups in total. The Kier molecular flexibility index (Phi) is 6.76. The minimum atomic E-state index is -0.795. The minimum absolute atomic E-state index is 0.104. The highest BCUT2D eigenvalue weighted by Crippen LogP contribution is 2.11. The summed E-state index contributed by atoms with van der Waals surface area (Å²) < 4.78 is 23.5. The summed E-state index contributed by atoms with van der Waals surface area (Å²) in [5.41, 5.74) is 5.18. The van der Waals surface area contributed by atoms with Gasteiger partial charge in [-0.25, -0.2) is 9.37 Å². The number of pyridine rings is 1. The topological polar surface area (TPSA) is 86.5 Å². The first kappa shape index (κ1) is 15.3. The standard InChI is InChI=1S/C12H18FN3O3/c1-18-7-8-19-6-2-4-16-12(17)9-3-5-15-11(14)10(9)13/h3,5H,2,4,6-8H2,1H3,(H2,14,15)(H,16,17). The van der Waals surface area contributed by atoms with Gasteiger partial charge in [0.2, 0.25) is 0 Å². The van der Waals surface area contributed by atoms with Crippen molar-refractivity contribution >= 4 is 11.7 Å². The van der Waals surface area contributed by atoms with Crippen molar-refractivity contribution in [1.29, 1.82) is 0 Å². The van der Waals surface area contributed by atoms with E-state index in [0.717, 1.165) is 0 Å². The number of carbonyl (C=O) groups is 1. The number of rotatable bonds is 8. The van der Waals surface area contributed by atoms with Gasteiger partial charge in [0.1, 0.15) is 0 Å². The Morgan fingerprint density at radius 1 is 1.47 bits per heavy atom. The lowest BCUT2D eigenvalue weighted by Crippen LogP contribution is -2.26. The maximum Gasteiger partial charge on any atom is 0.254 e. The van der Waals surface area contributed by atoms with Crippen molar-refractivity contribution in [1.82, 2.24) is 10.3 Å². The molecule has 0 aliphatic carbocycles. The third kappa shape index (κ3) is 5.19. The van der Waals surface area contributed by atoms with Gasteiger partial charge in [0.25, 0.3) is 5.91 Å². The lowest BCUT2D eigenvalue weighted by Gasteiger charge is -2.07. The summed E-state index contributed by atoms with van der Waals surface area (Å²) in [4.78, 5) is 15.2. The van der Waals surface area contributed by atoms with Gasteiger partial charge in [-0.2, -0.15) is 0 Å². The van der Waals surface area contributed by atoms with E-state index in [1.54, 1.807) is 7.11 Å². The zero-order valence-electron chi connectivity index (χ0n) is 10.8. The molecule has 1 heterocycles. The number of nitrogens with two attached hydrogens (primary N) is 1. The number of hydrogen-bond donors (Lipinski definition) is 2. The SMILES string of the molecule is COCCOCCCNC(=O)c1ccnc(N)c1F. The van der Waals surface area contributed by atoms with Crippen LogP contribution in [-0.4, -0.2) is 44.4 Å². The van der Waals surface area contributed by atoms with Crippen LogP contribution in [0.1, 0.15) is 16.8 Å². The molecule has 0 unspecified atom stereocenters. The fourth-order valence-corrected chi connectivity index (χ4v) is 1.35. The Labute approximate surface area is 111 Å². The van der Waals surface area contributed by atoms with Crippen molar-refractivity contribution < 1.29 is 18.7 Å². The largest absolute Gasteiger partial charge is 0.382 e. The molecule has 0 saturated heterocycles. The molecule has 0 spiro atoms. The third-order valence-electron chi connectivity index (χ3n) is 2.34. The summed E-state index contributed by atoms with van der Waals surface area (Å²) >= 11 is 0. The van der Waals surface area contributed by atoms with Crippen molar-refractivity contribution in [2.45, 2.75) is 6.42 Å². The zero-order chi connectivity index (χ0) is 14.1. The van der Waals surface area contributed by atoms with E-state index in [1.807, 2.05) is 0 Å². The molecule has 0 saturated carbocycles. The third-order valence-corrected chi connectivity index (χ3v) is 2.34. The second-order valence-electron chi connectivity index (χ2n) is 3.77. The molecule has 7 heteroatoms. The highest BCUT2D eigenvalue weighted by molar-refractivity contribution is 5.95. The van der Waals surface area contributed by atoms with Crippen LogP contribution in [0.2, 0.25) is 0 Å². The molecular weight excluding hydrogens is 253 g/mol. The number of nitrogens with one attached hydrogen (secondary N) is 1. The maximum atomic E-state index is 13.5. The number of amides is 1. The summed E-state index contributed by atoms with van der Waals surface area (Å²) in [6, 6.07) is 1.29. The van der Waals surface area contributed by atoms with Crippen LogP contribution in [-0.2, 0) is 9.47 Å². The number of nitrogen functional groups attached to an aromatic ring is 1. The highest BCUT2D eigenvalue weighted by atomic mass is 19.1. The molecule has 1 amide bonds. The lowest BCUT2D eigenvalue weighted by molar-refractivity contribution is 0.0688. The predicted octanol–water partition coefficient (Wildman–Crippen LogP) is 0.586. The number of aromatic nitrogens is 1. The molecule has 106 valence electrons. The molecule has 0 atom stereocenters. The van der Waals surface area contributed by atoms with E-state index in [-0.39, 0.29) is 11.4 Å². The molecule has 1 rings (SSSR count). The van der Waals surface area contributed by atoms with E-state index in [9.17, 15) is 9.18 Å². The zero-order valence-corrected chi connectivity index (χ0v) is 10.8. The first-order valence-corrected chi connectivity index (χ1v) is 5.91. The summed E-state index contributed by atoms with van der Waals surface area (Å²) in [7, 11) is 1.60. The minimum Gasteiger partial charge on any atom is -0.382 e. The number of carbonyl (C=O) groups excluding carboxylic acids is 1. The van der Waals surface area contributed by atoms with Crippen LogP contribution < -0.4 is 11.1 Å². The van der Waals surface area contributed by atoms with E-state index in [0.29, 0.717) is 32.8 Å². The number of anilines is 1. The fourth-order valence-electron chi connectivity index (χ4n) is 1.35. The monoisotopic (exact) mass is 271 g/mol. The fraction of sp³-hybridized carbons (Fsp3) is 0.500. The van der Waals surface area contributed by atoms with Gasteiger partial charge < -0.3 is 20.5 Å². The molecule has 0 fully saturated rings. The Morgan fingerprint density at radius 2 is 2.26 bits per heavy atom. The molecule has 0 aliphatic heterocycles. The van der Waals surface area contributed by atoms with E-state index in [1.165, 1.54) is 12.3 Å². The summed E-state index contributed by atoms with van der Waals surface area (Å²) in [5.74, 6) is -1.59. The van der Waals surface area contributed by atoms with Gasteiger partial charge >= 0.3 is 0 Å². The Hall–Kier alpha value is -1.73. The van der Waals surface area contributed by atoms with E-state index >= 15 is 0 Å². The number of ether oxygens (including phenoxy) is 2. The molecule has 1 aromatic heterocycles. The molecular formula is C12H18FN3O3. The average Bonchev–Trinajstić information content (AvgIpc) is 2.40. The normalized spacial score (nSPS) is 10.4. The number of hydrogen-bond acceptors (Lipinski definition) is 5. The summed E-state index contributed by atoms with van der Waals surface area (Å²) in [5, 5.41) is 2.58. The summed E-state index contributed by atoms with van der Waals surface area (Å²) in [6.45, 7) is 1.95. The van der Waals surface area contributed by atoms with Crippen LogP contribution in [0.25, 0.3) is 0 Å². The smallest absolute Gasteiger partial charge is 0.254 e. The number of nitrogens with zero attached hydrogens (tertiary/aromatic N) is 1. The van der Waals surface area contributed by atoms with Crippen LogP contribution in [0.5, 0.6) is 0 Å². The van der Waals surface area contributed by atoms with E-state index in [2.05, 4.69) is 10.3 Å². The quantitative estimate of drug-likeness (QED) is 0.676. The first-order valence-electron chi connectivity index (χ1n) is 5.91. The Bertz CT molecular complexity index is 415. The van der Waals surface area contributed by atoms with Gasteiger partial charge in [-0.05, 0) is 12.5 Å². The van der Waals surface area contributed by atoms with E-state index < -0.39 is 11.7 Å². The van der Waals surface area contributed by atoms with Gasteiger partial charge in [0.05, 0.1) is 18.8 Å². The van der Waals surface area contributed by atoms with E-state index in [4.69, 9.17) is 15.2 Å². The number of methoxy groups -OCH3 is 1. The van der Waals surface area contributed by atoms with Crippen LogP contribution in [0.3, 0.4) is 0 Å². The molecule has 6 nitrogen and oxygen atoms in total. The van der Waals surface area contributed by atoms with Crippen molar-refractivity contribution in [3.8, 4) is 0 Å². The summed E-state index contributed by atoms with van der Waals surface area (Å²) in [6.07, 6.45) is 1.93. The van der Waals surface area contributed by atoms with Crippen molar-refractivity contribution in [3.05, 3.63) is 23.6 Å². The van der Waals surface area contributed by atoms with Crippen LogP contribution in [0.15, 0.2) is 12.3 Å². The Balaban J connectivity index is 2.26. The highest BCUT2D eigenvalue weighted by Gasteiger charge is 2.13. The van der Waals surface area contributed by atoms with Gasteiger partial charge in [-0.15, -0.1) is 0 Å². The van der Waals surface area contributed by atoms with Crippen LogP contribution >= 0.6 is 0 Å². The van der Waals surface area contributed by atoms with Gasteiger partial charge in [-0.3, -0.25) is 4.79 Å². The number of halogens is 1. The second kappa shape index (κ2) is 8.39. The predicted molar refractivity (Wildman–Crippen MR) is 68.3 cm³/mol. The van der Waals surface area contributed by atoms with Crippen LogP contribution in [0, 0.1) is 5.82 Å². The van der Waals surface area contributed by atoms with Gasteiger partial charge in [-0.1, -0.05) is 0 Å². The second-order valence-corrected chi connectivity index (χ2v) is 3.77. The van der Waals surface area contributed by atoms with Crippen molar-refractivity contribution in [3.63, 3.8) is 0 Å². The molecule has 0 aliphatic rings. The molecule has 19 heavy (non-hydrogen) atoms. The lowest BCUT2D eigenvalue weighted by atomic mass is 10.2. The van der Waals surface area contributed by atoms with Gasteiger partial charge in [0.15, 0.2) is 11.6 Å². The Morgan fingerprint density at radius 3 is 3.00 bits per heavy atom. The first-order chi connectivity index (χ1) is 9.16. The molecule has 1 aromatic rings. The van der Waals surface area contributed by atoms with Crippen LogP contribution in [0.4, 0.5) is 10.2 Å². The van der Waals surface area contributed by atoms with Gasteiger partial charge in [0, 0.05) is 26.5 Å². The molecule has 0 radical (unpaired) electrons. The average molecular weight is 271 g/mol. The molecule has 0 bridgehead atoms. The van der Waals surface area contributed by atoms with Crippen molar-refractivity contribution in [2.75, 3.05) is 39.2 Å². The maximum absolute atomic E-state index is 13.5. The van der Waals surface area contributed by atoms with Crippen molar-refractivity contribution in [2.24, 2.45) is 0 Å².